The number of hydrogen-bond acceptors (Lipinski definition) is 2. The third-order valence-corrected chi connectivity index (χ3v) is 3.16. The maximum atomic E-state index is 5.14. The lowest BCUT2D eigenvalue weighted by atomic mass is 10.1. The average molecular weight is 255 g/mol. The van der Waals surface area contributed by atoms with E-state index in [9.17, 15) is 0 Å². The van der Waals surface area contributed by atoms with Crippen molar-refractivity contribution < 1.29 is 4.74 Å². The molecule has 19 heavy (non-hydrogen) atoms. The van der Waals surface area contributed by atoms with Crippen LogP contribution in [0.3, 0.4) is 0 Å². The molecule has 0 aromatic heterocycles. The topological polar surface area (TPSA) is 21.3 Å². The predicted molar refractivity (Wildman–Crippen MR) is 79.6 cm³/mol. The third kappa shape index (κ3) is 4.42. The zero-order valence-electron chi connectivity index (χ0n) is 11.6. The van der Waals surface area contributed by atoms with E-state index in [1.807, 2.05) is 12.1 Å². The fourth-order valence-electron chi connectivity index (χ4n) is 2.08. The first-order valence-corrected chi connectivity index (χ1v) is 6.67. The van der Waals surface area contributed by atoms with Gasteiger partial charge in [-0.2, -0.15) is 0 Å². The van der Waals surface area contributed by atoms with E-state index in [-0.39, 0.29) is 0 Å². The van der Waals surface area contributed by atoms with Gasteiger partial charge < -0.3 is 10.1 Å². The van der Waals surface area contributed by atoms with Crippen LogP contribution in [0.25, 0.3) is 0 Å². The van der Waals surface area contributed by atoms with Gasteiger partial charge in [-0.15, -0.1) is 0 Å². The normalized spacial score (nSPS) is 10.4. The Labute approximate surface area is 115 Å². The second-order valence-electron chi connectivity index (χ2n) is 4.76. The van der Waals surface area contributed by atoms with Crippen molar-refractivity contribution in [2.24, 2.45) is 0 Å². The fraction of sp³-hybridized carbons (Fsp3) is 0.294. The van der Waals surface area contributed by atoms with Gasteiger partial charge in [0.2, 0.25) is 0 Å². The zero-order chi connectivity index (χ0) is 13.5. The first-order valence-electron chi connectivity index (χ1n) is 6.67. The molecule has 2 rings (SSSR count). The van der Waals surface area contributed by atoms with Crippen LogP contribution < -0.4 is 10.1 Å². The summed E-state index contributed by atoms with van der Waals surface area (Å²) >= 11 is 0. The summed E-state index contributed by atoms with van der Waals surface area (Å²) in [5, 5.41) is 3.47. The van der Waals surface area contributed by atoms with Crippen molar-refractivity contribution in [3.8, 4) is 5.75 Å². The molecule has 2 nitrogen and oxygen atoms in total. The van der Waals surface area contributed by atoms with Crippen LogP contribution in [0.15, 0.2) is 48.5 Å². The van der Waals surface area contributed by atoms with Crippen LogP contribution in [0.1, 0.15) is 16.7 Å². The highest BCUT2D eigenvalue weighted by Gasteiger charge is 1.96. The Hall–Kier alpha value is -1.80. The van der Waals surface area contributed by atoms with Crippen LogP contribution >= 0.6 is 0 Å². The van der Waals surface area contributed by atoms with E-state index < -0.39 is 0 Å². The molecule has 2 heteroatoms. The van der Waals surface area contributed by atoms with Crippen LogP contribution in [0.2, 0.25) is 0 Å². The minimum atomic E-state index is 0.899. The van der Waals surface area contributed by atoms with Gasteiger partial charge in [0.15, 0.2) is 0 Å². The zero-order valence-corrected chi connectivity index (χ0v) is 11.6. The molecule has 0 atom stereocenters. The molecule has 0 heterocycles. The summed E-state index contributed by atoms with van der Waals surface area (Å²) in [6, 6.07) is 16.9. The highest BCUT2D eigenvalue weighted by atomic mass is 16.5. The molecule has 2 aromatic carbocycles. The molecular weight excluding hydrogens is 234 g/mol. The molecule has 0 aliphatic carbocycles. The Bertz CT molecular complexity index is 505. The van der Waals surface area contributed by atoms with Crippen LogP contribution in [-0.2, 0) is 13.0 Å². The van der Waals surface area contributed by atoms with Gasteiger partial charge in [0.05, 0.1) is 7.11 Å². The number of hydrogen-bond donors (Lipinski definition) is 1. The van der Waals surface area contributed by atoms with E-state index in [4.69, 9.17) is 4.74 Å². The Morgan fingerprint density at radius 1 is 1.00 bits per heavy atom. The van der Waals surface area contributed by atoms with Gasteiger partial charge in [-0.25, -0.2) is 0 Å². The van der Waals surface area contributed by atoms with Gasteiger partial charge >= 0.3 is 0 Å². The summed E-state index contributed by atoms with van der Waals surface area (Å²) in [6.45, 7) is 4.03. The maximum Gasteiger partial charge on any atom is 0.118 e. The van der Waals surface area contributed by atoms with E-state index in [0.29, 0.717) is 0 Å². The van der Waals surface area contributed by atoms with E-state index in [0.717, 1.165) is 25.3 Å². The van der Waals surface area contributed by atoms with Crippen LogP contribution in [0, 0.1) is 6.92 Å². The Kier molecular flexibility index (Phi) is 4.99. The predicted octanol–water partition coefficient (Wildman–Crippen LogP) is 3.34. The van der Waals surface area contributed by atoms with Gasteiger partial charge in [-0.1, -0.05) is 42.0 Å². The number of rotatable bonds is 6. The summed E-state index contributed by atoms with van der Waals surface area (Å²) in [4.78, 5) is 0. The number of aryl methyl sites for hydroxylation is 1. The molecule has 0 aliphatic rings. The third-order valence-electron chi connectivity index (χ3n) is 3.16. The SMILES string of the molecule is COc1ccc(CNCCc2cccc(C)c2)cc1. The van der Waals surface area contributed by atoms with Crippen molar-refractivity contribution in [2.45, 2.75) is 19.9 Å². The standard InChI is InChI=1S/C17H21NO/c1-14-4-3-5-15(12-14)10-11-18-13-16-6-8-17(19-2)9-7-16/h3-9,12,18H,10-11,13H2,1-2H3. The number of nitrogens with one attached hydrogen (secondary N) is 1. The van der Waals surface area contributed by atoms with E-state index in [2.05, 4.69) is 48.6 Å². The molecule has 2 aromatic rings. The molecule has 0 amide bonds. The molecule has 100 valence electrons. The number of ether oxygens (including phenoxy) is 1. The molecule has 0 saturated carbocycles. The van der Waals surface area contributed by atoms with Crippen LogP contribution in [0.4, 0.5) is 0 Å². The fourth-order valence-corrected chi connectivity index (χ4v) is 2.08. The quantitative estimate of drug-likeness (QED) is 0.799. The largest absolute Gasteiger partial charge is 0.497 e. The number of methoxy groups -OCH3 is 1. The molecule has 0 spiro atoms. The van der Waals surface area contributed by atoms with Crippen molar-refractivity contribution in [3.63, 3.8) is 0 Å². The minimum Gasteiger partial charge on any atom is -0.497 e. The van der Waals surface area contributed by atoms with Gasteiger partial charge in [0.25, 0.3) is 0 Å². The van der Waals surface area contributed by atoms with Crippen molar-refractivity contribution >= 4 is 0 Å². The first kappa shape index (κ1) is 13.6. The van der Waals surface area contributed by atoms with Crippen molar-refractivity contribution in [3.05, 3.63) is 65.2 Å². The van der Waals surface area contributed by atoms with Crippen molar-refractivity contribution in [1.82, 2.24) is 5.32 Å². The number of benzene rings is 2. The van der Waals surface area contributed by atoms with Gasteiger partial charge in [0.1, 0.15) is 5.75 Å². The molecule has 0 saturated heterocycles. The highest BCUT2D eigenvalue weighted by molar-refractivity contribution is 5.27. The Morgan fingerprint density at radius 2 is 1.79 bits per heavy atom. The average Bonchev–Trinajstić information content (AvgIpc) is 2.44. The highest BCUT2D eigenvalue weighted by Crippen LogP contribution is 2.11. The van der Waals surface area contributed by atoms with Crippen molar-refractivity contribution in [2.75, 3.05) is 13.7 Å². The summed E-state index contributed by atoms with van der Waals surface area (Å²) < 4.78 is 5.14. The summed E-state index contributed by atoms with van der Waals surface area (Å²) in [5.41, 5.74) is 4.00. The first-order chi connectivity index (χ1) is 9.28. The molecular formula is C17H21NO. The van der Waals surface area contributed by atoms with Gasteiger partial charge in [-0.05, 0) is 43.1 Å². The molecule has 0 fully saturated rings. The van der Waals surface area contributed by atoms with E-state index in [1.165, 1.54) is 16.7 Å². The van der Waals surface area contributed by atoms with E-state index in [1.54, 1.807) is 7.11 Å². The Morgan fingerprint density at radius 3 is 2.47 bits per heavy atom. The smallest absolute Gasteiger partial charge is 0.118 e. The van der Waals surface area contributed by atoms with Crippen LogP contribution in [-0.4, -0.2) is 13.7 Å². The maximum absolute atomic E-state index is 5.14. The molecule has 1 N–H and O–H groups in total. The minimum absolute atomic E-state index is 0.899. The molecule has 0 bridgehead atoms. The second-order valence-corrected chi connectivity index (χ2v) is 4.76. The van der Waals surface area contributed by atoms with Crippen LogP contribution in [0.5, 0.6) is 5.75 Å². The monoisotopic (exact) mass is 255 g/mol. The molecule has 0 unspecified atom stereocenters. The second kappa shape index (κ2) is 6.95. The summed E-state index contributed by atoms with van der Waals surface area (Å²) in [6.07, 6.45) is 1.07. The van der Waals surface area contributed by atoms with E-state index >= 15 is 0 Å². The Balaban J connectivity index is 1.74. The van der Waals surface area contributed by atoms with Crippen molar-refractivity contribution in [1.29, 1.82) is 0 Å². The lowest BCUT2D eigenvalue weighted by Crippen LogP contribution is -2.16. The summed E-state index contributed by atoms with van der Waals surface area (Å²) in [5.74, 6) is 0.906. The van der Waals surface area contributed by atoms with Gasteiger partial charge in [-0.3, -0.25) is 0 Å². The molecule has 0 aliphatic heterocycles. The molecule has 0 radical (unpaired) electrons. The summed E-state index contributed by atoms with van der Waals surface area (Å²) in [7, 11) is 1.69. The lowest BCUT2D eigenvalue weighted by molar-refractivity contribution is 0.414. The lowest BCUT2D eigenvalue weighted by Gasteiger charge is -2.06. The van der Waals surface area contributed by atoms with Gasteiger partial charge in [0, 0.05) is 6.54 Å².